The Morgan fingerprint density at radius 2 is 2.08 bits per heavy atom. The fraction of sp³-hybridized carbons (Fsp3) is 0.350. The van der Waals surface area contributed by atoms with Gasteiger partial charge in [-0.3, -0.25) is 9.78 Å². The lowest BCUT2D eigenvalue weighted by Gasteiger charge is -2.17. The van der Waals surface area contributed by atoms with E-state index < -0.39 is 0 Å². The highest BCUT2D eigenvalue weighted by molar-refractivity contribution is 5.84. The lowest BCUT2D eigenvalue weighted by Crippen LogP contribution is -2.23. The molecule has 0 atom stereocenters. The summed E-state index contributed by atoms with van der Waals surface area (Å²) in [5.74, 6) is 0.489. The molecule has 0 radical (unpaired) electrons. The first-order valence-electron chi connectivity index (χ1n) is 8.99. The van der Waals surface area contributed by atoms with E-state index in [9.17, 15) is 10.1 Å². The van der Waals surface area contributed by atoms with Crippen LogP contribution in [0, 0.1) is 11.3 Å². The van der Waals surface area contributed by atoms with Crippen molar-refractivity contribution in [2.75, 3.05) is 11.9 Å². The van der Waals surface area contributed by atoms with Gasteiger partial charge in [0.25, 0.3) is 5.56 Å². The van der Waals surface area contributed by atoms with Gasteiger partial charge in [0.1, 0.15) is 17.1 Å². The van der Waals surface area contributed by atoms with E-state index in [1.807, 2.05) is 46.8 Å². The minimum absolute atomic E-state index is 0.172. The first-order chi connectivity index (χ1) is 12.7. The van der Waals surface area contributed by atoms with Crippen LogP contribution >= 0.6 is 0 Å². The van der Waals surface area contributed by atoms with Crippen LogP contribution < -0.4 is 10.5 Å². The number of aryl methyl sites for hydroxylation is 1. The van der Waals surface area contributed by atoms with Gasteiger partial charge < -0.3 is 9.47 Å². The molecule has 0 saturated heterocycles. The van der Waals surface area contributed by atoms with Gasteiger partial charge in [-0.15, -0.1) is 0 Å². The Morgan fingerprint density at radius 1 is 1.27 bits per heavy atom. The van der Waals surface area contributed by atoms with Crippen molar-refractivity contribution in [2.45, 2.75) is 38.8 Å². The Bertz CT molecular complexity index is 1040. The van der Waals surface area contributed by atoms with E-state index in [0.29, 0.717) is 29.1 Å². The molecule has 0 spiro atoms. The van der Waals surface area contributed by atoms with Crippen LogP contribution in [0.25, 0.3) is 11.0 Å². The molecule has 3 aromatic rings. The number of hydrogen-bond donors (Lipinski definition) is 1. The molecule has 132 valence electrons. The summed E-state index contributed by atoms with van der Waals surface area (Å²) < 4.78 is 2.01. The van der Waals surface area contributed by atoms with E-state index in [-0.39, 0.29) is 5.56 Å². The van der Waals surface area contributed by atoms with Crippen LogP contribution in [0.4, 0.5) is 5.95 Å². The monoisotopic (exact) mass is 347 g/mol. The van der Waals surface area contributed by atoms with Crippen molar-refractivity contribution in [1.29, 1.82) is 5.26 Å². The number of fused-ring (bicyclic) bond motifs is 3. The molecule has 0 amide bonds. The summed E-state index contributed by atoms with van der Waals surface area (Å²) in [6.45, 7) is 1.40. The number of hydrogen-bond acceptors (Lipinski definition) is 4. The number of nitriles is 1. The third-order valence-corrected chi connectivity index (χ3v) is 5.03. The average molecular weight is 347 g/mol. The summed E-state index contributed by atoms with van der Waals surface area (Å²) >= 11 is 0. The lowest BCUT2D eigenvalue weighted by atomic mass is 10.1. The molecule has 6 heteroatoms. The zero-order valence-electron chi connectivity index (χ0n) is 14.8. The molecule has 1 aliphatic heterocycles. The molecule has 0 aliphatic carbocycles. The summed E-state index contributed by atoms with van der Waals surface area (Å²) in [4.78, 5) is 22.3. The molecule has 0 unspecified atom stereocenters. The van der Waals surface area contributed by atoms with Crippen molar-refractivity contribution in [3.63, 3.8) is 0 Å². The maximum atomic E-state index is 12.8. The average Bonchev–Trinajstić information content (AvgIpc) is 2.78. The van der Waals surface area contributed by atoms with Crippen LogP contribution in [0.1, 0.15) is 36.1 Å². The highest BCUT2D eigenvalue weighted by Gasteiger charge is 2.23. The molecule has 26 heavy (non-hydrogen) atoms. The molecule has 1 N–H and O–H groups in total. The molecule has 1 aliphatic rings. The molecule has 2 aromatic heterocycles. The van der Waals surface area contributed by atoms with Crippen LogP contribution in [0.15, 0.2) is 35.1 Å². The summed E-state index contributed by atoms with van der Waals surface area (Å²) in [5.41, 5.74) is 3.54. The van der Waals surface area contributed by atoms with E-state index in [0.717, 1.165) is 43.5 Å². The van der Waals surface area contributed by atoms with Crippen molar-refractivity contribution in [3.05, 3.63) is 57.5 Å². The van der Waals surface area contributed by atoms with Gasteiger partial charge in [-0.25, -0.2) is 4.98 Å². The molecule has 3 heterocycles. The molecule has 0 fully saturated rings. The summed E-state index contributed by atoms with van der Waals surface area (Å²) in [6.07, 6.45) is 4.02. The maximum absolute atomic E-state index is 12.8. The summed E-state index contributed by atoms with van der Waals surface area (Å²) in [7, 11) is 1.89. The fourth-order valence-electron chi connectivity index (χ4n) is 3.76. The predicted octanol–water partition coefficient (Wildman–Crippen LogP) is 2.96. The number of H-pyrrole nitrogens is 1. The number of benzene rings is 1. The fourth-order valence-corrected chi connectivity index (χ4v) is 3.76. The zero-order valence-corrected chi connectivity index (χ0v) is 14.8. The van der Waals surface area contributed by atoms with Gasteiger partial charge in [-0.05, 0) is 24.8 Å². The third kappa shape index (κ3) is 2.76. The van der Waals surface area contributed by atoms with Gasteiger partial charge in [-0.1, -0.05) is 36.8 Å². The maximum Gasteiger partial charge on any atom is 0.276 e. The topological polar surface area (TPSA) is 77.7 Å². The molecular formula is C20H21N5O. The van der Waals surface area contributed by atoms with Crippen molar-refractivity contribution in [1.82, 2.24) is 14.5 Å². The minimum atomic E-state index is -0.172. The molecule has 1 aromatic carbocycles. The molecular weight excluding hydrogens is 326 g/mol. The van der Waals surface area contributed by atoms with Crippen LogP contribution in [0.2, 0.25) is 0 Å². The second-order valence-electron chi connectivity index (χ2n) is 6.82. The minimum Gasteiger partial charge on any atom is -0.341 e. The van der Waals surface area contributed by atoms with Crippen LogP contribution in [-0.4, -0.2) is 21.6 Å². The van der Waals surface area contributed by atoms with Gasteiger partial charge in [0.2, 0.25) is 5.95 Å². The highest BCUT2D eigenvalue weighted by atomic mass is 16.1. The number of anilines is 1. The van der Waals surface area contributed by atoms with Crippen LogP contribution in [-0.2, 0) is 19.5 Å². The molecule has 6 nitrogen and oxygen atoms in total. The van der Waals surface area contributed by atoms with E-state index in [1.54, 1.807) is 0 Å². The Labute approximate surface area is 151 Å². The van der Waals surface area contributed by atoms with Gasteiger partial charge in [0.15, 0.2) is 0 Å². The predicted molar refractivity (Wildman–Crippen MR) is 101 cm³/mol. The Balaban J connectivity index is 1.82. The van der Waals surface area contributed by atoms with Gasteiger partial charge in [0.05, 0.1) is 5.56 Å². The van der Waals surface area contributed by atoms with Crippen molar-refractivity contribution >= 4 is 17.0 Å². The van der Waals surface area contributed by atoms with E-state index in [1.165, 1.54) is 0 Å². The number of nitrogens with one attached hydrogen (secondary N) is 1. The zero-order chi connectivity index (χ0) is 18.1. The molecule has 4 rings (SSSR count). The van der Waals surface area contributed by atoms with Crippen molar-refractivity contribution in [2.24, 2.45) is 0 Å². The Morgan fingerprint density at radius 3 is 2.85 bits per heavy atom. The second-order valence-corrected chi connectivity index (χ2v) is 6.82. The van der Waals surface area contributed by atoms with Crippen molar-refractivity contribution in [3.8, 4) is 6.07 Å². The van der Waals surface area contributed by atoms with Gasteiger partial charge >= 0.3 is 0 Å². The Kier molecular flexibility index (Phi) is 4.21. The smallest absolute Gasteiger partial charge is 0.276 e. The normalized spacial score (nSPS) is 13.8. The summed E-state index contributed by atoms with van der Waals surface area (Å²) in [5, 5.41) is 9.70. The number of aromatic nitrogens is 3. The van der Waals surface area contributed by atoms with Crippen molar-refractivity contribution < 1.29 is 0 Å². The summed E-state index contributed by atoms with van der Waals surface area (Å²) in [6, 6.07) is 12.3. The first-order valence-corrected chi connectivity index (χ1v) is 8.99. The van der Waals surface area contributed by atoms with Crippen LogP contribution in [0.5, 0.6) is 0 Å². The SMILES string of the molecule is CN(Cc1ccccc1)c1nc2c(C#N)c3n(c2c(=O)[nH]1)CCCCC3. The Hall–Kier alpha value is -3.07. The number of nitrogens with zero attached hydrogens (tertiary/aromatic N) is 4. The van der Waals surface area contributed by atoms with E-state index in [2.05, 4.69) is 16.0 Å². The molecule has 0 saturated carbocycles. The van der Waals surface area contributed by atoms with Gasteiger partial charge in [0, 0.05) is 25.8 Å². The lowest BCUT2D eigenvalue weighted by molar-refractivity contribution is 0.647. The number of aromatic amines is 1. The van der Waals surface area contributed by atoms with Gasteiger partial charge in [-0.2, -0.15) is 5.26 Å². The third-order valence-electron chi connectivity index (χ3n) is 5.03. The highest BCUT2D eigenvalue weighted by Crippen LogP contribution is 2.27. The quantitative estimate of drug-likeness (QED) is 0.790. The second kappa shape index (κ2) is 6.68. The largest absolute Gasteiger partial charge is 0.341 e. The first kappa shape index (κ1) is 16.4. The van der Waals surface area contributed by atoms with E-state index in [4.69, 9.17) is 0 Å². The van der Waals surface area contributed by atoms with Crippen LogP contribution in [0.3, 0.4) is 0 Å². The standard InChI is InChI=1S/C20H21N5O/c1-24(13-14-8-4-2-5-9-14)20-22-17-15(12-21)16-10-6-3-7-11-25(16)18(17)19(26)23-20/h2,4-5,8-9H,3,6-7,10-11,13H2,1H3,(H,22,23,26). The number of rotatable bonds is 3. The van der Waals surface area contributed by atoms with E-state index >= 15 is 0 Å². The molecule has 0 bridgehead atoms.